The van der Waals surface area contributed by atoms with Crippen LogP contribution in [0.15, 0.2) is 24.3 Å². The van der Waals surface area contributed by atoms with Crippen molar-refractivity contribution in [1.29, 1.82) is 0 Å². The van der Waals surface area contributed by atoms with E-state index in [4.69, 9.17) is 0 Å². The van der Waals surface area contributed by atoms with Crippen LogP contribution in [0.5, 0.6) is 0 Å². The van der Waals surface area contributed by atoms with Crippen LogP contribution in [0.1, 0.15) is 18.5 Å². The van der Waals surface area contributed by atoms with Crippen molar-refractivity contribution < 1.29 is 0 Å². The quantitative estimate of drug-likeness (QED) is 0.889. The topological polar surface area (TPSA) is 21.8 Å². The van der Waals surface area contributed by atoms with E-state index in [1.807, 2.05) is 0 Å². The van der Waals surface area contributed by atoms with Crippen LogP contribution in [0, 0.1) is 0 Å². The van der Waals surface area contributed by atoms with Gasteiger partial charge in [0.15, 0.2) is 0 Å². The van der Waals surface area contributed by atoms with E-state index < -0.39 is 0 Å². The second-order valence-corrected chi connectivity index (χ2v) is 5.63. The maximum Gasteiger partial charge on any atom is 0.0436 e. The summed E-state index contributed by atoms with van der Waals surface area (Å²) in [5.74, 6) is 0. The summed E-state index contributed by atoms with van der Waals surface area (Å²) >= 11 is 0. The molecule has 1 N–H and O–H groups in total. The Morgan fingerprint density at radius 2 is 1.63 bits per heavy atom. The molecule has 2 rings (SSSR count). The summed E-state index contributed by atoms with van der Waals surface area (Å²) in [7, 11) is 6.32. The highest BCUT2D eigenvalue weighted by Gasteiger charge is 2.16. The molecule has 1 aromatic rings. The van der Waals surface area contributed by atoms with Gasteiger partial charge in [-0.1, -0.05) is 12.1 Å². The van der Waals surface area contributed by atoms with Crippen molar-refractivity contribution in [1.82, 2.24) is 15.3 Å². The number of anilines is 1. The third-order valence-electron chi connectivity index (χ3n) is 3.79. The molecule has 0 spiro atoms. The van der Waals surface area contributed by atoms with Crippen molar-refractivity contribution >= 4 is 5.69 Å². The minimum atomic E-state index is 0.361. The molecule has 1 heterocycles. The Kier molecular flexibility index (Phi) is 4.80. The molecule has 1 aliphatic rings. The SMILES string of the molecule is CC(NN1CCN(C)CC1)c1ccc(N(C)C)cc1. The Hall–Kier alpha value is -1.10. The van der Waals surface area contributed by atoms with Crippen LogP contribution in [0.2, 0.25) is 0 Å². The van der Waals surface area contributed by atoms with Crippen LogP contribution in [-0.4, -0.2) is 57.2 Å². The molecule has 0 bridgehead atoms. The van der Waals surface area contributed by atoms with E-state index in [0.29, 0.717) is 6.04 Å². The van der Waals surface area contributed by atoms with Crippen molar-refractivity contribution in [3.63, 3.8) is 0 Å². The lowest BCUT2D eigenvalue weighted by Crippen LogP contribution is -2.51. The van der Waals surface area contributed by atoms with Crippen LogP contribution < -0.4 is 10.3 Å². The molecule has 0 amide bonds. The van der Waals surface area contributed by atoms with Gasteiger partial charge in [-0.3, -0.25) is 0 Å². The molecule has 0 radical (unpaired) electrons. The molecule has 0 aliphatic carbocycles. The summed E-state index contributed by atoms with van der Waals surface area (Å²) in [5, 5.41) is 2.34. The number of hydrogen-bond donors (Lipinski definition) is 1. The van der Waals surface area contributed by atoms with Gasteiger partial charge in [-0.25, -0.2) is 10.4 Å². The van der Waals surface area contributed by atoms with Gasteiger partial charge in [-0.15, -0.1) is 0 Å². The van der Waals surface area contributed by atoms with Gasteiger partial charge in [0.2, 0.25) is 0 Å². The van der Waals surface area contributed by atoms with Crippen molar-refractivity contribution in [3.8, 4) is 0 Å². The fraction of sp³-hybridized carbons (Fsp3) is 0.600. The first-order valence-corrected chi connectivity index (χ1v) is 7.03. The zero-order valence-electron chi connectivity index (χ0n) is 12.6. The Balaban J connectivity index is 1.90. The largest absolute Gasteiger partial charge is 0.378 e. The van der Waals surface area contributed by atoms with Crippen LogP contribution in [-0.2, 0) is 0 Å². The molecule has 4 nitrogen and oxygen atoms in total. The van der Waals surface area contributed by atoms with Gasteiger partial charge in [0.05, 0.1) is 0 Å². The second-order valence-electron chi connectivity index (χ2n) is 5.63. The highest BCUT2D eigenvalue weighted by atomic mass is 15.5. The number of nitrogens with zero attached hydrogens (tertiary/aromatic N) is 3. The van der Waals surface area contributed by atoms with Gasteiger partial charge in [0.1, 0.15) is 0 Å². The summed E-state index contributed by atoms with van der Waals surface area (Å²) in [6.07, 6.45) is 0. The summed E-state index contributed by atoms with van der Waals surface area (Å²) < 4.78 is 0. The zero-order chi connectivity index (χ0) is 13.8. The zero-order valence-corrected chi connectivity index (χ0v) is 12.6. The summed E-state index contributed by atoms with van der Waals surface area (Å²) in [6, 6.07) is 9.14. The fourth-order valence-electron chi connectivity index (χ4n) is 2.35. The Morgan fingerprint density at radius 3 is 2.16 bits per heavy atom. The number of hydrazine groups is 1. The monoisotopic (exact) mass is 262 g/mol. The third-order valence-corrected chi connectivity index (χ3v) is 3.79. The third kappa shape index (κ3) is 3.93. The van der Waals surface area contributed by atoms with Crippen molar-refractivity contribution in [2.45, 2.75) is 13.0 Å². The van der Waals surface area contributed by atoms with Crippen molar-refractivity contribution in [2.75, 3.05) is 52.2 Å². The summed E-state index contributed by atoms with van der Waals surface area (Å²) in [5.41, 5.74) is 6.18. The number of likely N-dealkylation sites (N-methyl/N-ethyl adjacent to an activating group) is 1. The molecule has 4 heteroatoms. The molecule has 1 aliphatic heterocycles. The lowest BCUT2D eigenvalue weighted by Gasteiger charge is -2.34. The van der Waals surface area contributed by atoms with E-state index in [1.165, 1.54) is 11.3 Å². The lowest BCUT2D eigenvalue weighted by molar-refractivity contribution is 0.0899. The van der Waals surface area contributed by atoms with E-state index in [9.17, 15) is 0 Å². The van der Waals surface area contributed by atoms with Gasteiger partial charge in [0, 0.05) is 52.0 Å². The average molecular weight is 262 g/mol. The van der Waals surface area contributed by atoms with Crippen LogP contribution >= 0.6 is 0 Å². The molecular formula is C15H26N4. The molecule has 19 heavy (non-hydrogen) atoms. The van der Waals surface area contributed by atoms with Crippen molar-refractivity contribution in [2.24, 2.45) is 0 Å². The Bertz CT molecular complexity index is 380. The Labute approximate surface area is 117 Å². The van der Waals surface area contributed by atoms with E-state index in [0.717, 1.165) is 26.2 Å². The normalized spacial score (nSPS) is 19.4. The first kappa shape index (κ1) is 14.3. The van der Waals surface area contributed by atoms with Gasteiger partial charge >= 0.3 is 0 Å². The number of hydrogen-bond acceptors (Lipinski definition) is 4. The van der Waals surface area contributed by atoms with Crippen LogP contribution in [0.3, 0.4) is 0 Å². The molecule has 0 saturated carbocycles. The predicted molar refractivity (Wildman–Crippen MR) is 81.4 cm³/mol. The molecule has 1 unspecified atom stereocenters. The lowest BCUT2D eigenvalue weighted by atomic mass is 10.1. The van der Waals surface area contributed by atoms with Gasteiger partial charge in [-0.05, 0) is 31.7 Å². The number of rotatable bonds is 4. The van der Waals surface area contributed by atoms with Gasteiger partial charge in [-0.2, -0.15) is 0 Å². The number of piperazine rings is 1. The van der Waals surface area contributed by atoms with E-state index in [2.05, 4.69) is 72.6 Å². The first-order valence-electron chi connectivity index (χ1n) is 7.03. The highest BCUT2D eigenvalue weighted by molar-refractivity contribution is 5.46. The van der Waals surface area contributed by atoms with E-state index in [1.54, 1.807) is 0 Å². The standard InChI is InChI=1S/C15H26N4/c1-13(16-19-11-9-18(4)10-12-19)14-5-7-15(8-6-14)17(2)3/h5-8,13,16H,9-12H2,1-4H3. The van der Waals surface area contributed by atoms with E-state index in [-0.39, 0.29) is 0 Å². The number of benzene rings is 1. The molecule has 1 saturated heterocycles. The summed E-state index contributed by atoms with van der Waals surface area (Å²) in [6.45, 7) is 6.69. The molecular weight excluding hydrogens is 236 g/mol. The maximum absolute atomic E-state index is 3.60. The van der Waals surface area contributed by atoms with Gasteiger partial charge < -0.3 is 9.80 Å². The molecule has 1 fully saturated rings. The smallest absolute Gasteiger partial charge is 0.0436 e. The average Bonchev–Trinajstić information content (AvgIpc) is 2.41. The minimum Gasteiger partial charge on any atom is -0.378 e. The number of nitrogens with one attached hydrogen (secondary N) is 1. The maximum atomic E-state index is 3.60. The molecule has 1 atom stereocenters. The first-order chi connectivity index (χ1) is 9.06. The van der Waals surface area contributed by atoms with Crippen LogP contribution in [0.25, 0.3) is 0 Å². The Morgan fingerprint density at radius 1 is 1.05 bits per heavy atom. The second kappa shape index (κ2) is 6.37. The minimum absolute atomic E-state index is 0.361. The van der Waals surface area contributed by atoms with Crippen LogP contribution in [0.4, 0.5) is 5.69 Å². The molecule has 106 valence electrons. The summed E-state index contributed by atoms with van der Waals surface area (Å²) in [4.78, 5) is 4.50. The fourth-order valence-corrected chi connectivity index (χ4v) is 2.35. The predicted octanol–water partition coefficient (Wildman–Crippen LogP) is 1.57. The van der Waals surface area contributed by atoms with Crippen molar-refractivity contribution in [3.05, 3.63) is 29.8 Å². The van der Waals surface area contributed by atoms with Gasteiger partial charge in [0.25, 0.3) is 0 Å². The molecule has 0 aromatic heterocycles. The highest BCUT2D eigenvalue weighted by Crippen LogP contribution is 2.18. The van der Waals surface area contributed by atoms with E-state index >= 15 is 0 Å². The molecule has 1 aromatic carbocycles.